The Morgan fingerprint density at radius 2 is 0.627 bits per heavy atom. The van der Waals surface area contributed by atoms with Crippen LogP contribution in [0.3, 0.4) is 0 Å². The fraction of sp³-hybridized carbons (Fsp3) is 0.942. The number of nitrogens with one attached hydrogen (secondary N) is 1. The molecular weight excluding hydrogens is 923 g/mol. The molecule has 0 fully saturated rings. The minimum absolute atomic E-state index is 0.0135. The van der Waals surface area contributed by atoms with Crippen molar-refractivity contribution in [2.75, 3.05) is 13.2 Å². The second-order valence-electron chi connectivity index (χ2n) is 23.9. The van der Waals surface area contributed by atoms with Crippen LogP contribution in [0.5, 0.6) is 0 Å². The number of carbonyl (C=O) groups excluding carboxylic acids is 2. The number of allylic oxidation sites excluding steroid dienone is 2. The molecule has 1 amide bonds. The molecule has 0 saturated carbocycles. The maximum Gasteiger partial charge on any atom is 0.305 e. The molecule has 0 aliphatic rings. The molecule has 0 aromatic heterocycles. The summed E-state index contributed by atoms with van der Waals surface area (Å²) < 4.78 is 5.49. The second kappa shape index (κ2) is 65.1. The standard InChI is InChI=1S/C69H135NO5/c1-3-5-7-9-11-13-15-17-35-39-43-47-51-55-59-63-69(74)75-64-60-56-52-48-44-40-37-34-32-30-28-26-24-22-20-18-19-21-23-25-27-29-31-33-36-38-42-46-50-54-58-62-68(73)70-66(65-71)67(72)61-57-53-49-45-41-16-14-12-10-8-6-4-2/h17,35,66-67,71-72H,3-16,18-34,36-65H2,1-2H3,(H,70,73)/b35-17-. The Labute approximate surface area is 469 Å². The van der Waals surface area contributed by atoms with Crippen LogP contribution in [-0.4, -0.2) is 47.4 Å². The minimum atomic E-state index is -0.659. The minimum Gasteiger partial charge on any atom is -0.466 e. The fourth-order valence-electron chi connectivity index (χ4n) is 11.1. The number of rotatable bonds is 65. The number of esters is 1. The third-order valence-corrected chi connectivity index (χ3v) is 16.3. The van der Waals surface area contributed by atoms with Gasteiger partial charge in [0.1, 0.15) is 0 Å². The van der Waals surface area contributed by atoms with Crippen LogP contribution in [0, 0.1) is 0 Å². The Kier molecular flexibility index (Phi) is 63.9. The van der Waals surface area contributed by atoms with Crippen LogP contribution < -0.4 is 5.32 Å². The van der Waals surface area contributed by atoms with Crippen molar-refractivity contribution < 1.29 is 24.5 Å². The van der Waals surface area contributed by atoms with E-state index in [1.165, 1.54) is 315 Å². The van der Waals surface area contributed by atoms with Crippen molar-refractivity contribution in [3.05, 3.63) is 12.2 Å². The molecule has 446 valence electrons. The summed E-state index contributed by atoms with van der Waals surface area (Å²) in [5.41, 5.74) is 0. The van der Waals surface area contributed by atoms with Gasteiger partial charge in [-0.1, -0.05) is 341 Å². The molecular formula is C69H135NO5. The summed E-state index contributed by atoms with van der Waals surface area (Å²) in [6.07, 6.45) is 79.8. The highest BCUT2D eigenvalue weighted by Crippen LogP contribution is 2.19. The van der Waals surface area contributed by atoms with Crippen LogP contribution in [0.25, 0.3) is 0 Å². The lowest BCUT2D eigenvalue weighted by molar-refractivity contribution is -0.143. The zero-order valence-corrected chi connectivity index (χ0v) is 51.1. The van der Waals surface area contributed by atoms with Crippen molar-refractivity contribution in [3.8, 4) is 0 Å². The van der Waals surface area contributed by atoms with Crippen molar-refractivity contribution in [3.63, 3.8) is 0 Å². The predicted octanol–water partition coefficient (Wildman–Crippen LogP) is 22.0. The Bertz CT molecular complexity index is 1130. The highest BCUT2D eigenvalue weighted by Gasteiger charge is 2.20. The number of carbonyl (C=O) groups is 2. The highest BCUT2D eigenvalue weighted by atomic mass is 16.5. The van der Waals surface area contributed by atoms with Gasteiger partial charge in [-0.2, -0.15) is 0 Å². The van der Waals surface area contributed by atoms with Gasteiger partial charge < -0.3 is 20.3 Å². The van der Waals surface area contributed by atoms with E-state index in [0.29, 0.717) is 25.9 Å². The molecule has 0 aromatic rings. The molecule has 0 heterocycles. The van der Waals surface area contributed by atoms with Gasteiger partial charge in [-0.25, -0.2) is 0 Å². The maximum absolute atomic E-state index is 12.5. The van der Waals surface area contributed by atoms with E-state index in [1.54, 1.807) is 0 Å². The molecule has 0 aliphatic carbocycles. The van der Waals surface area contributed by atoms with Crippen LogP contribution in [0.15, 0.2) is 12.2 Å². The summed E-state index contributed by atoms with van der Waals surface area (Å²) in [6.45, 7) is 4.97. The van der Waals surface area contributed by atoms with Crippen LogP contribution >= 0.6 is 0 Å². The number of ether oxygens (including phenoxy) is 1. The van der Waals surface area contributed by atoms with Gasteiger partial charge in [0.15, 0.2) is 0 Å². The van der Waals surface area contributed by atoms with E-state index in [1.807, 2.05) is 0 Å². The summed E-state index contributed by atoms with van der Waals surface area (Å²) in [6, 6.07) is -0.536. The number of hydrogen-bond acceptors (Lipinski definition) is 5. The van der Waals surface area contributed by atoms with Crippen molar-refractivity contribution in [1.29, 1.82) is 0 Å². The van der Waals surface area contributed by atoms with E-state index in [-0.39, 0.29) is 18.5 Å². The van der Waals surface area contributed by atoms with Crippen LogP contribution in [-0.2, 0) is 14.3 Å². The molecule has 0 bridgehead atoms. The molecule has 0 rings (SSSR count). The van der Waals surface area contributed by atoms with Gasteiger partial charge in [-0.3, -0.25) is 9.59 Å². The lowest BCUT2D eigenvalue weighted by atomic mass is 10.0. The van der Waals surface area contributed by atoms with Crippen molar-refractivity contribution in [2.45, 2.75) is 405 Å². The summed E-state index contributed by atoms with van der Waals surface area (Å²) in [5.74, 6) is -0.0156. The molecule has 6 nitrogen and oxygen atoms in total. The molecule has 2 atom stereocenters. The lowest BCUT2D eigenvalue weighted by Gasteiger charge is -2.22. The van der Waals surface area contributed by atoms with E-state index >= 15 is 0 Å². The van der Waals surface area contributed by atoms with Gasteiger partial charge in [0.2, 0.25) is 5.91 Å². The third-order valence-electron chi connectivity index (χ3n) is 16.3. The van der Waals surface area contributed by atoms with Crippen LogP contribution in [0.4, 0.5) is 0 Å². The topological polar surface area (TPSA) is 95.9 Å². The van der Waals surface area contributed by atoms with Gasteiger partial charge in [0, 0.05) is 12.8 Å². The largest absolute Gasteiger partial charge is 0.466 e. The Balaban J connectivity index is 3.30. The molecule has 3 N–H and O–H groups in total. The SMILES string of the molecule is CCCCCCCC/C=C\CCCCCCCC(=O)OCCCCCCCCCCCCCCCCCCCCCCCCCCCCCCCCCC(=O)NC(CO)C(O)CCCCCCCCCCCCCC. The molecule has 2 unspecified atom stereocenters. The number of unbranched alkanes of at least 4 members (excludes halogenated alkanes) is 52. The summed E-state index contributed by atoms with van der Waals surface area (Å²) in [4.78, 5) is 24.5. The van der Waals surface area contributed by atoms with E-state index in [0.717, 1.165) is 44.9 Å². The summed E-state index contributed by atoms with van der Waals surface area (Å²) in [5, 5.41) is 23.3. The molecule has 6 heteroatoms. The zero-order valence-electron chi connectivity index (χ0n) is 51.1. The third kappa shape index (κ3) is 61.7. The van der Waals surface area contributed by atoms with Crippen molar-refractivity contribution >= 4 is 11.9 Å². The van der Waals surface area contributed by atoms with E-state index in [2.05, 4.69) is 31.3 Å². The first kappa shape index (κ1) is 73.6. The highest BCUT2D eigenvalue weighted by molar-refractivity contribution is 5.76. The molecule has 0 radical (unpaired) electrons. The molecule has 0 aliphatic heterocycles. The first-order valence-electron chi connectivity index (χ1n) is 34.4. The normalized spacial score (nSPS) is 12.5. The quantitative estimate of drug-likeness (QED) is 0.0320. The van der Waals surface area contributed by atoms with Gasteiger partial charge in [0.25, 0.3) is 0 Å². The summed E-state index contributed by atoms with van der Waals surface area (Å²) >= 11 is 0. The van der Waals surface area contributed by atoms with Gasteiger partial charge in [-0.05, 0) is 51.4 Å². The first-order valence-corrected chi connectivity index (χ1v) is 34.4. The Morgan fingerprint density at radius 3 is 0.947 bits per heavy atom. The molecule has 0 aromatic carbocycles. The van der Waals surface area contributed by atoms with Crippen molar-refractivity contribution in [2.24, 2.45) is 0 Å². The predicted molar refractivity (Wildman–Crippen MR) is 329 cm³/mol. The Hall–Kier alpha value is -1.40. The van der Waals surface area contributed by atoms with Gasteiger partial charge >= 0.3 is 5.97 Å². The molecule has 0 spiro atoms. The molecule has 0 saturated heterocycles. The van der Waals surface area contributed by atoms with Gasteiger partial charge in [-0.15, -0.1) is 0 Å². The average Bonchev–Trinajstić information content (AvgIpc) is 3.41. The maximum atomic E-state index is 12.5. The van der Waals surface area contributed by atoms with E-state index < -0.39 is 12.1 Å². The first-order chi connectivity index (χ1) is 37.0. The Morgan fingerprint density at radius 1 is 0.360 bits per heavy atom. The fourth-order valence-corrected chi connectivity index (χ4v) is 11.1. The molecule has 75 heavy (non-hydrogen) atoms. The van der Waals surface area contributed by atoms with E-state index in [4.69, 9.17) is 4.74 Å². The number of amides is 1. The van der Waals surface area contributed by atoms with Crippen LogP contribution in [0.2, 0.25) is 0 Å². The number of hydrogen-bond donors (Lipinski definition) is 3. The lowest BCUT2D eigenvalue weighted by Crippen LogP contribution is -2.45. The number of aliphatic hydroxyl groups excluding tert-OH is 2. The van der Waals surface area contributed by atoms with Crippen molar-refractivity contribution in [1.82, 2.24) is 5.32 Å². The van der Waals surface area contributed by atoms with Gasteiger partial charge in [0.05, 0.1) is 25.4 Å². The zero-order chi connectivity index (χ0) is 54.3. The smallest absolute Gasteiger partial charge is 0.305 e. The summed E-state index contributed by atoms with van der Waals surface area (Å²) in [7, 11) is 0. The average molecular weight is 1060 g/mol. The van der Waals surface area contributed by atoms with Crippen LogP contribution in [0.1, 0.15) is 393 Å². The second-order valence-corrected chi connectivity index (χ2v) is 23.9. The number of aliphatic hydroxyl groups is 2. The monoisotopic (exact) mass is 1060 g/mol. The van der Waals surface area contributed by atoms with E-state index in [9.17, 15) is 19.8 Å².